The third kappa shape index (κ3) is 3.71. The highest BCUT2D eigenvalue weighted by Gasteiger charge is 2.23. The van der Waals surface area contributed by atoms with E-state index in [9.17, 15) is 0 Å². The molecule has 2 atom stereocenters. The van der Waals surface area contributed by atoms with Crippen LogP contribution in [0, 0.1) is 0 Å². The van der Waals surface area contributed by atoms with E-state index in [0.717, 1.165) is 20.7 Å². The van der Waals surface area contributed by atoms with Gasteiger partial charge in [0.1, 0.15) is 0 Å². The van der Waals surface area contributed by atoms with Gasteiger partial charge < -0.3 is 5.73 Å². The first-order valence-electron chi connectivity index (χ1n) is 5.92. The Kier molecular flexibility index (Phi) is 5.26. The fourth-order valence-electron chi connectivity index (χ4n) is 1.64. The Hall–Kier alpha value is -0.570. The van der Waals surface area contributed by atoms with Gasteiger partial charge in [0, 0.05) is 24.8 Å². The first kappa shape index (κ1) is 14.8. The molecule has 104 valence electrons. The van der Waals surface area contributed by atoms with Crippen molar-refractivity contribution in [3.8, 4) is 0 Å². The van der Waals surface area contributed by atoms with Crippen LogP contribution in [0.1, 0.15) is 24.2 Å². The van der Waals surface area contributed by atoms with Crippen LogP contribution in [0.25, 0.3) is 0 Å². The fourth-order valence-corrected chi connectivity index (χ4v) is 4.47. The van der Waals surface area contributed by atoms with Crippen LogP contribution in [0.4, 0.5) is 0 Å². The molecule has 0 amide bonds. The summed E-state index contributed by atoms with van der Waals surface area (Å²) in [4.78, 5) is 0. The minimum atomic E-state index is 0.0795. The zero-order chi connectivity index (χ0) is 13.8. The molecule has 0 aliphatic heterocycles. The van der Waals surface area contributed by atoms with Crippen molar-refractivity contribution in [2.24, 2.45) is 12.8 Å². The number of rotatable bonds is 6. The highest BCUT2D eigenvalue weighted by Crippen LogP contribution is 2.40. The molecular formula is C11H17N5S3. The van der Waals surface area contributed by atoms with Gasteiger partial charge in [-0.3, -0.25) is 4.68 Å². The maximum Gasteiger partial charge on any atom is 0.175 e. The van der Waals surface area contributed by atoms with E-state index in [1.54, 1.807) is 39.5 Å². The normalized spacial score (nSPS) is 14.5. The molecule has 0 saturated heterocycles. The minimum Gasteiger partial charge on any atom is -0.326 e. The molecule has 2 heterocycles. The molecule has 0 radical (unpaired) electrons. The van der Waals surface area contributed by atoms with Crippen molar-refractivity contribution in [3.63, 3.8) is 0 Å². The average Bonchev–Trinajstić information content (AvgIpc) is 3.03. The predicted octanol–water partition coefficient (Wildman–Crippen LogP) is 2.56. The average molecular weight is 315 g/mol. The maximum atomic E-state index is 6.24. The first-order chi connectivity index (χ1) is 9.13. The van der Waals surface area contributed by atoms with Crippen molar-refractivity contribution in [1.29, 1.82) is 0 Å². The molecule has 2 unspecified atom stereocenters. The van der Waals surface area contributed by atoms with Gasteiger partial charge in [0.05, 0.1) is 11.4 Å². The lowest BCUT2D eigenvalue weighted by atomic mass is 10.1. The van der Waals surface area contributed by atoms with Crippen molar-refractivity contribution in [2.45, 2.75) is 33.3 Å². The lowest BCUT2D eigenvalue weighted by Gasteiger charge is -2.19. The van der Waals surface area contributed by atoms with Crippen molar-refractivity contribution < 1.29 is 0 Å². The van der Waals surface area contributed by atoms with Crippen LogP contribution in [-0.2, 0) is 7.05 Å². The number of thioether (sulfide) groups is 2. The van der Waals surface area contributed by atoms with Crippen molar-refractivity contribution in [3.05, 3.63) is 18.0 Å². The second kappa shape index (κ2) is 6.74. The molecule has 2 rings (SSSR count). The summed E-state index contributed by atoms with van der Waals surface area (Å²) in [6.45, 7) is 2.10. The Labute approximate surface area is 125 Å². The molecule has 0 aliphatic carbocycles. The maximum absolute atomic E-state index is 6.24. The van der Waals surface area contributed by atoms with E-state index in [1.165, 1.54) is 0 Å². The van der Waals surface area contributed by atoms with E-state index in [0.29, 0.717) is 0 Å². The Morgan fingerprint density at radius 2 is 2.16 bits per heavy atom. The highest BCUT2D eigenvalue weighted by atomic mass is 32.2. The molecule has 8 heteroatoms. The Balaban J connectivity index is 2.18. The summed E-state index contributed by atoms with van der Waals surface area (Å²) in [7, 11) is 1.92. The van der Waals surface area contributed by atoms with Gasteiger partial charge in [0.25, 0.3) is 0 Å². The molecule has 2 aromatic rings. The van der Waals surface area contributed by atoms with Gasteiger partial charge in [-0.05, 0) is 12.7 Å². The van der Waals surface area contributed by atoms with Gasteiger partial charge in [-0.15, -0.1) is 10.2 Å². The lowest BCUT2D eigenvalue weighted by Crippen LogP contribution is -2.25. The standard InChI is InChI=1S/C11H17N5S3/c1-4-8(12)9(7-5-13-16(2)6-7)18-11-15-14-10(17-3)19-11/h5-6,8-9H,4,12H2,1-3H3. The molecule has 0 spiro atoms. The van der Waals surface area contributed by atoms with Crippen LogP contribution in [0.3, 0.4) is 0 Å². The summed E-state index contributed by atoms with van der Waals surface area (Å²) in [5.41, 5.74) is 7.38. The van der Waals surface area contributed by atoms with Gasteiger partial charge in [0.15, 0.2) is 8.68 Å². The van der Waals surface area contributed by atoms with Gasteiger partial charge in [-0.25, -0.2) is 0 Å². The SMILES string of the molecule is CCC(N)C(Sc1nnc(SC)s1)c1cnn(C)c1. The van der Waals surface area contributed by atoms with E-state index >= 15 is 0 Å². The molecular weight excluding hydrogens is 298 g/mol. The van der Waals surface area contributed by atoms with Gasteiger partial charge in [-0.1, -0.05) is 41.8 Å². The quantitative estimate of drug-likeness (QED) is 0.826. The summed E-state index contributed by atoms with van der Waals surface area (Å²) in [6, 6.07) is 0.0795. The van der Waals surface area contributed by atoms with Crippen LogP contribution >= 0.6 is 34.9 Å². The molecule has 5 nitrogen and oxygen atoms in total. The number of nitrogens with two attached hydrogens (primary N) is 1. The smallest absolute Gasteiger partial charge is 0.175 e. The summed E-state index contributed by atoms with van der Waals surface area (Å²) < 4.78 is 3.75. The van der Waals surface area contributed by atoms with Crippen LogP contribution in [0.15, 0.2) is 21.1 Å². The zero-order valence-corrected chi connectivity index (χ0v) is 13.6. The molecule has 19 heavy (non-hydrogen) atoms. The fraction of sp³-hybridized carbons (Fsp3) is 0.545. The Morgan fingerprint density at radius 1 is 1.42 bits per heavy atom. The molecule has 2 N–H and O–H groups in total. The Bertz CT molecular complexity index is 524. The van der Waals surface area contributed by atoms with Crippen molar-refractivity contribution in [2.75, 3.05) is 6.26 Å². The topological polar surface area (TPSA) is 69.6 Å². The predicted molar refractivity (Wildman–Crippen MR) is 81.8 cm³/mol. The third-order valence-electron chi connectivity index (χ3n) is 2.70. The number of hydrogen-bond acceptors (Lipinski definition) is 7. The molecule has 0 fully saturated rings. The van der Waals surface area contributed by atoms with E-state index < -0.39 is 0 Å². The summed E-state index contributed by atoms with van der Waals surface area (Å²) in [5, 5.41) is 12.7. The third-order valence-corrected chi connectivity index (χ3v) is 6.10. The minimum absolute atomic E-state index is 0.0795. The second-order valence-corrected chi connectivity index (χ2v) is 7.52. The number of aryl methyl sites for hydroxylation is 1. The molecule has 0 aliphatic rings. The number of hydrogen-bond donors (Lipinski definition) is 1. The largest absolute Gasteiger partial charge is 0.326 e. The summed E-state index contributed by atoms with van der Waals surface area (Å²) in [5.74, 6) is 0. The summed E-state index contributed by atoms with van der Waals surface area (Å²) in [6.07, 6.45) is 6.82. The molecule has 0 bridgehead atoms. The molecule has 2 aromatic heterocycles. The van der Waals surface area contributed by atoms with Gasteiger partial charge in [0.2, 0.25) is 0 Å². The van der Waals surface area contributed by atoms with Crippen LogP contribution in [0.2, 0.25) is 0 Å². The van der Waals surface area contributed by atoms with Crippen molar-refractivity contribution in [1.82, 2.24) is 20.0 Å². The van der Waals surface area contributed by atoms with Crippen molar-refractivity contribution >= 4 is 34.9 Å². The van der Waals surface area contributed by atoms with E-state index in [1.807, 2.05) is 25.7 Å². The van der Waals surface area contributed by atoms with Gasteiger partial charge in [-0.2, -0.15) is 5.10 Å². The first-order valence-corrected chi connectivity index (χ1v) is 8.84. The van der Waals surface area contributed by atoms with Crippen LogP contribution in [-0.4, -0.2) is 32.3 Å². The van der Waals surface area contributed by atoms with Crippen LogP contribution in [0.5, 0.6) is 0 Å². The lowest BCUT2D eigenvalue weighted by molar-refractivity contribution is 0.633. The van der Waals surface area contributed by atoms with Gasteiger partial charge >= 0.3 is 0 Å². The monoisotopic (exact) mass is 315 g/mol. The number of nitrogens with zero attached hydrogens (tertiary/aromatic N) is 4. The second-order valence-electron chi connectivity index (χ2n) is 4.10. The zero-order valence-electron chi connectivity index (χ0n) is 11.1. The van der Waals surface area contributed by atoms with E-state index in [2.05, 4.69) is 22.2 Å². The van der Waals surface area contributed by atoms with E-state index in [4.69, 9.17) is 5.73 Å². The number of aromatic nitrogens is 4. The highest BCUT2D eigenvalue weighted by molar-refractivity contribution is 8.03. The van der Waals surface area contributed by atoms with E-state index in [-0.39, 0.29) is 11.3 Å². The molecule has 0 saturated carbocycles. The summed E-state index contributed by atoms with van der Waals surface area (Å²) >= 11 is 4.90. The molecule has 0 aromatic carbocycles. The van der Waals surface area contributed by atoms with Crippen LogP contribution < -0.4 is 5.73 Å². The Morgan fingerprint density at radius 3 is 2.68 bits per heavy atom.